The van der Waals surface area contributed by atoms with Crippen molar-refractivity contribution in [2.75, 3.05) is 50.1 Å². The van der Waals surface area contributed by atoms with Gasteiger partial charge in [0.1, 0.15) is 5.69 Å². The molecule has 0 spiro atoms. The molecule has 2 heterocycles. The van der Waals surface area contributed by atoms with E-state index in [9.17, 15) is 9.59 Å². The van der Waals surface area contributed by atoms with E-state index in [0.29, 0.717) is 16.9 Å². The molecule has 1 aromatic carbocycles. The van der Waals surface area contributed by atoms with Gasteiger partial charge >= 0.3 is 5.97 Å². The molecular weight excluding hydrogens is 344 g/mol. The third-order valence-corrected chi connectivity index (χ3v) is 4.72. The molecule has 2 aromatic rings. The number of carbonyl (C=O) groups excluding carboxylic acids is 2. The van der Waals surface area contributed by atoms with Gasteiger partial charge in [-0.1, -0.05) is 6.92 Å². The van der Waals surface area contributed by atoms with Crippen molar-refractivity contribution in [3.05, 3.63) is 53.9 Å². The Morgan fingerprint density at radius 1 is 1.11 bits per heavy atom. The van der Waals surface area contributed by atoms with Gasteiger partial charge < -0.3 is 19.9 Å². The van der Waals surface area contributed by atoms with E-state index >= 15 is 0 Å². The highest BCUT2D eigenvalue weighted by atomic mass is 16.5. The maximum Gasteiger partial charge on any atom is 0.337 e. The molecule has 1 aliphatic heterocycles. The number of pyridine rings is 1. The van der Waals surface area contributed by atoms with Crippen LogP contribution in [0.4, 0.5) is 11.4 Å². The summed E-state index contributed by atoms with van der Waals surface area (Å²) in [5.41, 5.74) is 2.40. The first-order valence-corrected chi connectivity index (χ1v) is 9.04. The number of aromatic nitrogens is 1. The van der Waals surface area contributed by atoms with Gasteiger partial charge in [0.15, 0.2) is 0 Å². The zero-order valence-electron chi connectivity index (χ0n) is 15.6. The number of carbonyl (C=O) groups is 2. The zero-order valence-corrected chi connectivity index (χ0v) is 15.6. The van der Waals surface area contributed by atoms with Crippen molar-refractivity contribution in [3.8, 4) is 0 Å². The number of ether oxygens (including phenoxy) is 1. The predicted molar refractivity (Wildman–Crippen MR) is 104 cm³/mol. The second-order valence-corrected chi connectivity index (χ2v) is 6.34. The zero-order chi connectivity index (χ0) is 19.2. The summed E-state index contributed by atoms with van der Waals surface area (Å²) in [6.07, 6.45) is 1.66. The van der Waals surface area contributed by atoms with Crippen molar-refractivity contribution in [1.29, 1.82) is 0 Å². The highest BCUT2D eigenvalue weighted by Gasteiger charge is 2.17. The lowest BCUT2D eigenvalue weighted by molar-refractivity contribution is 0.0600. The Kier molecular flexibility index (Phi) is 6.03. The molecule has 142 valence electrons. The van der Waals surface area contributed by atoms with Crippen LogP contribution in [0.3, 0.4) is 0 Å². The van der Waals surface area contributed by atoms with E-state index in [1.165, 1.54) is 7.11 Å². The van der Waals surface area contributed by atoms with Gasteiger partial charge in [0.2, 0.25) is 0 Å². The fraction of sp³-hybridized carbons (Fsp3) is 0.350. The highest BCUT2D eigenvalue weighted by Crippen LogP contribution is 2.18. The quantitative estimate of drug-likeness (QED) is 0.816. The first-order chi connectivity index (χ1) is 13.1. The smallest absolute Gasteiger partial charge is 0.337 e. The van der Waals surface area contributed by atoms with Gasteiger partial charge in [-0.15, -0.1) is 0 Å². The minimum atomic E-state index is -0.412. The second kappa shape index (κ2) is 8.64. The van der Waals surface area contributed by atoms with Crippen LogP contribution in [0.1, 0.15) is 27.8 Å². The Morgan fingerprint density at radius 3 is 2.44 bits per heavy atom. The number of piperazine rings is 1. The maximum absolute atomic E-state index is 12.5. The lowest BCUT2D eigenvalue weighted by atomic mass is 10.2. The van der Waals surface area contributed by atoms with E-state index in [1.54, 1.807) is 30.5 Å². The molecular formula is C20H24N4O3. The van der Waals surface area contributed by atoms with E-state index < -0.39 is 5.97 Å². The van der Waals surface area contributed by atoms with Crippen molar-refractivity contribution >= 4 is 23.3 Å². The van der Waals surface area contributed by atoms with Crippen molar-refractivity contribution in [3.63, 3.8) is 0 Å². The van der Waals surface area contributed by atoms with Gasteiger partial charge in [-0.2, -0.15) is 0 Å². The summed E-state index contributed by atoms with van der Waals surface area (Å²) in [4.78, 5) is 32.9. The number of hydrogen-bond acceptors (Lipinski definition) is 6. The molecule has 3 rings (SSSR count). The number of likely N-dealkylation sites (N-methyl/N-ethyl adjacent to an activating group) is 1. The van der Waals surface area contributed by atoms with Gasteiger partial charge in [-0.05, 0) is 42.9 Å². The van der Waals surface area contributed by atoms with Crippen LogP contribution >= 0.6 is 0 Å². The molecule has 0 saturated carbocycles. The number of nitrogens with one attached hydrogen (secondary N) is 1. The molecule has 1 fully saturated rings. The molecule has 0 atom stereocenters. The minimum Gasteiger partial charge on any atom is -0.465 e. The first kappa shape index (κ1) is 18.8. The summed E-state index contributed by atoms with van der Waals surface area (Å²) >= 11 is 0. The third-order valence-electron chi connectivity index (χ3n) is 4.72. The molecule has 1 amide bonds. The van der Waals surface area contributed by atoms with Crippen LogP contribution in [-0.4, -0.2) is 61.6 Å². The molecule has 0 bridgehead atoms. The number of amides is 1. The Balaban J connectivity index is 1.66. The van der Waals surface area contributed by atoms with Gasteiger partial charge in [0.05, 0.1) is 12.7 Å². The summed E-state index contributed by atoms with van der Waals surface area (Å²) < 4.78 is 4.67. The topological polar surface area (TPSA) is 74.8 Å². The van der Waals surface area contributed by atoms with Crippen molar-refractivity contribution in [2.24, 2.45) is 0 Å². The number of nitrogens with zero attached hydrogens (tertiary/aromatic N) is 3. The average molecular weight is 368 g/mol. The van der Waals surface area contributed by atoms with Gasteiger partial charge in [-0.3, -0.25) is 9.78 Å². The van der Waals surface area contributed by atoms with Crippen molar-refractivity contribution < 1.29 is 14.3 Å². The SMILES string of the molecule is CCN1CCN(c2ccnc(C(=O)Nc3ccc(C(=O)OC)cc3)c2)CC1. The van der Waals surface area contributed by atoms with Crippen LogP contribution in [0, 0.1) is 0 Å². The number of esters is 1. The third kappa shape index (κ3) is 4.62. The molecule has 7 heteroatoms. The Labute approximate surface area is 158 Å². The number of methoxy groups -OCH3 is 1. The van der Waals surface area contributed by atoms with Crippen LogP contribution in [0.25, 0.3) is 0 Å². The second-order valence-electron chi connectivity index (χ2n) is 6.34. The minimum absolute atomic E-state index is 0.283. The first-order valence-electron chi connectivity index (χ1n) is 9.04. The fourth-order valence-corrected chi connectivity index (χ4v) is 3.07. The standard InChI is InChI=1S/C20H24N4O3/c1-3-23-10-12-24(13-11-23)17-8-9-21-18(14-17)19(25)22-16-6-4-15(5-7-16)20(26)27-2/h4-9,14H,3,10-13H2,1-2H3,(H,22,25). The van der Waals surface area contributed by atoms with Crippen molar-refractivity contribution in [2.45, 2.75) is 6.92 Å². The van der Waals surface area contributed by atoms with Gasteiger partial charge in [0, 0.05) is 43.8 Å². The monoisotopic (exact) mass is 368 g/mol. The van der Waals surface area contributed by atoms with Crippen LogP contribution in [0.2, 0.25) is 0 Å². The molecule has 0 aliphatic carbocycles. The fourth-order valence-electron chi connectivity index (χ4n) is 3.07. The molecule has 1 N–H and O–H groups in total. The van der Waals surface area contributed by atoms with E-state index in [1.807, 2.05) is 12.1 Å². The Morgan fingerprint density at radius 2 is 1.81 bits per heavy atom. The van der Waals surface area contributed by atoms with Crippen LogP contribution < -0.4 is 10.2 Å². The van der Waals surface area contributed by atoms with Gasteiger partial charge in [-0.25, -0.2) is 4.79 Å². The largest absolute Gasteiger partial charge is 0.465 e. The van der Waals surface area contributed by atoms with E-state index in [0.717, 1.165) is 38.4 Å². The van der Waals surface area contributed by atoms with Crippen LogP contribution in [0.5, 0.6) is 0 Å². The number of benzene rings is 1. The molecule has 1 saturated heterocycles. The predicted octanol–water partition coefficient (Wildman–Crippen LogP) is 2.26. The summed E-state index contributed by atoms with van der Waals surface area (Å²) in [7, 11) is 1.33. The van der Waals surface area contributed by atoms with Crippen molar-refractivity contribution in [1.82, 2.24) is 9.88 Å². The lowest BCUT2D eigenvalue weighted by Gasteiger charge is -2.35. The number of hydrogen-bond donors (Lipinski definition) is 1. The summed E-state index contributed by atoms with van der Waals surface area (Å²) in [5, 5.41) is 2.81. The lowest BCUT2D eigenvalue weighted by Crippen LogP contribution is -2.46. The summed E-state index contributed by atoms with van der Waals surface area (Å²) in [6.45, 7) is 7.15. The molecule has 0 unspecified atom stereocenters. The number of rotatable bonds is 5. The molecule has 7 nitrogen and oxygen atoms in total. The molecule has 1 aromatic heterocycles. The van der Waals surface area contributed by atoms with E-state index in [2.05, 4.69) is 31.8 Å². The van der Waals surface area contributed by atoms with E-state index in [-0.39, 0.29) is 5.91 Å². The highest BCUT2D eigenvalue weighted by molar-refractivity contribution is 6.03. The van der Waals surface area contributed by atoms with Gasteiger partial charge in [0.25, 0.3) is 5.91 Å². The maximum atomic E-state index is 12.5. The molecule has 0 radical (unpaired) electrons. The average Bonchev–Trinajstić information content (AvgIpc) is 2.74. The number of anilines is 2. The Bertz CT molecular complexity index is 799. The van der Waals surface area contributed by atoms with E-state index in [4.69, 9.17) is 0 Å². The normalized spacial score (nSPS) is 14.7. The molecule has 27 heavy (non-hydrogen) atoms. The summed E-state index contributed by atoms with van der Waals surface area (Å²) in [6, 6.07) is 10.3. The summed E-state index contributed by atoms with van der Waals surface area (Å²) in [5.74, 6) is -0.694. The Hall–Kier alpha value is -2.93. The van der Waals surface area contributed by atoms with Crippen LogP contribution in [-0.2, 0) is 4.74 Å². The molecule has 1 aliphatic rings. The van der Waals surface area contributed by atoms with Crippen LogP contribution in [0.15, 0.2) is 42.6 Å².